The number of hydrogen-bond acceptors (Lipinski definition) is 3. The Balaban J connectivity index is 2.31. The second-order valence-electron chi connectivity index (χ2n) is 3.76. The lowest BCUT2D eigenvalue weighted by molar-refractivity contribution is 0.492. The summed E-state index contributed by atoms with van der Waals surface area (Å²) in [6.45, 7) is 2.29. The quantitative estimate of drug-likeness (QED) is 0.708. The first-order valence-electron chi connectivity index (χ1n) is 4.82. The number of rotatable bonds is 1. The summed E-state index contributed by atoms with van der Waals surface area (Å²) in [5.74, 6) is 1.53. The molecule has 1 aliphatic carbocycles. The smallest absolute Gasteiger partial charge is 0.222 e. The minimum Gasteiger partial charge on any atom is -0.357 e. The first kappa shape index (κ1) is 8.48. The van der Waals surface area contributed by atoms with Crippen LogP contribution in [0.25, 0.3) is 0 Å². The van der Waals surface area contributed by atoms with E-state index in [2.05, 4.69) is 22.2 Å². The lowest BCUT2D eigenvalue weighted by Gasteiger charge is -2.20. The highest BCUT2D eigenvalue weighted by molar-refractivity contribution is 5.30. The number of nitrogens with zero attached hydrogens (tertiary/aromatic N) is 2. The zero-order chi connectivity index (χ0) is 9.26. The van der Waals surface area contributed by atoms with E-state index in [1.165, 1.54) is 17.7 Å². The van der Waals surface area contributed by atoms with Gasteiger partial charge in [0.2, 0.25) is 5.95 Å². The number of nitrogens with one attached hydrogen (secondary N) is 1. The highest BCUT2D eigenvalue weighted by Gasteiger charge is 2.16. The van der Waals surface area contributed by atoms with E-state index in [0.29, 0.717) is 0 Å². The number of aryl methyl sites for hydroxylation is 1. The van der Waals surface area contributed by atoms with E-state index >= 15 is 0 Å². The van der Waals surface area contributed by atoms with Gasteiger partial charge in [-0.15, -0.1) is 0 Å². The zero-order valence-electron chi connectivity index (χ0n) is 8.17. The molecule has 3 nitrogen and oxygen atoms in total. The summed E-state index contributed by atoms with van der Waals surface area (Å²) in [5.41, 5.74) is 2.57. The van der Waals surface area contributed by atoms with Crippen molar-refractivity contribution in [3.63, 3.8) is 0 Å². The zero-order valence-corrected chi connectivity index (χ0v) is 8.17. The summed E-state index contributed by atoms with van der Waals surface area (Å²) in [7, 11) is 1.85. The maximum absolute atomic E-state index is 4.44. The average Bonchev–Trinajstić information content (AvgIpc) is 2.17. The van der Waals surface area contributed by atoms with Gasteiger partial charge in [0.15, 0.2) is 0 Å². The molecule has 1 aromatic rings. The lowest BCUT2D eigenvalue weighted by Crippen LogP contribution is -2.14. The molecule has 0 bridgehead atoms. The maximum atomic E-state index is 4.44. The minimum absolute atomic E-state index is 0.744. The lowest BCUT2D eigenvalue weighted by atomic mass is 9.89. The van der Waals surface area contributed by atoms with Crippen molar-refractivity contribution in [3.05, 3.63) is 17.5 Å². The molecular formula is C10H15N3. The summed E-state index contributed by atoms with van der Waals surface area (Å²) in [6, 6.07) is 0. The fourth-order valence-electron chi connectivity index (χ4n) is 1.81. The molecule has 0 aromatic carbocycles. The van der Waals surface area contributed by atoms with Crippen LogP contribution in [0.15, 0.2) is 6.20 Å². The summed E-state index contributed by atoms with van der Waals surface area (Å²) >= 11 is 0. The van der Waals surface area contributed by atoms with Gasteiger partial charge < -0.3 is 5.32 Å². The normalized spacial score (nSPS) is 20.9. The first-order chi connectivity index (χ1) is 6.29. The van der Waals surface area contributed by atoms with Crippen LogP contribution < -0.4 is 5.32 Å². The molecule has 1 heterocycles. The van der Waals surface area contributed by atoms with Crippen molar-refractivity contribution in [1.82, 2.24) is 9.97 Å². The molecule has 1 N–H and O–H groups in total. The van der Waals surface area contributed by atoms with Crippen LogP contribution in [0.4, 0.5) is 5.95 Å². The number of anilines is 1. The molecule has 0 radical (unpaired) electrons. The van der Waals surface area contributed by atoms with Crippen molar-refractivity contribution in [2.24, 2.45) is 5.92 Å². The molecule has 1 aliphatic rings. The van der Waals surface area contributed by atoms with Gasteiger partial charge in [0.05, 0.1) is 0 Å². The minimum atomic E-state index is 0.744. The fourth-order valence-corrected chi connectivity index (χ4v) is 1.81. The standard InChI is InChI=1S/C10H15N3/c1-7-3-4-9-8(5-7)6-12-10(11-2)13-9/h6-7H,3-5H2,1-2H3,(H,11,12,13). The van der Waals surface area contributed by atoms with Crippen molar-refractivity contribution < 1.29 is 0 Å². The highest BCUT2D eigenvalue weighted by Crippen LogP contribution is 2.23. The predicted octanol–water partition coefficient (Wildman–Crippen LogP) is 1.64. The van der Waals surface area contributed by atoms with Gasteiger partial charge in [0.1, 0.15) is 0 Å². The first-order valence-corrected chi connectivity index (χ1v) is 4.82. The van der Waals surface area contributed by atoms with Gasteiger partial charge in [0.25, 0.3) is 0 Å². The Morgan fingerprint density at radius 2 is 2.38 bits per heavy atom. The van der Waals surface area contributed by atoms with E-state index in [4.69, 9.17) is 0 Å². The van der Waals surface area contributed by atoms with Gasteiger partial charge in [-0.2, -0.15) is 0 Å². The summed E-state index contributed by atoms with van der Waals surface area (Å²) in [5, 5.41) is 2.97. The SMILES string of the molecule is CNc1ncc2c(n1)CCC(C)C2. The van der Waals surface area contributed by atoms with Gasteiger partial charge in [0, 0.05) is 18.9 Å². The van der Waals surface area contributed by atoms with Crippen molar-refractivity contribution in [1.29, 1.82) is 0 Å². The van der Waals surface area contributed by atoms with Gasteiger partial charge in [-0.05, 0) is 30.7 Å². The molecule has 0 spiro atoms. The average molecular weight is 177 g/mol. The van der Waals surface area contributed by atoms with Gasteiger partial charge in [-0.3, -0.25) is 0 Å². The molecular weight excluding hydrogens is 162 g/mol. The monoisotopic (exact) mass is 177 g/mol. The molecule has 0 aliphatic heterocycles. The Hall–Kier alpha value is -1.12. The molecule has 13 heavy (non-hydrogen) atoms. The van der Waals surface area contributed by atoms with Crippen molar-refractivity contribution in [3.8, 4) is 0 Å². The summed E-state index contributed by atoms with van der Waals surface area (Å²) in [6.07, 6.45) is 5.46. The van der Waals surface area contributed by atoms with Crippen LogP contribution in [0.2, 0.25) is 0 Å². The van der Waals surface area contributed by atoms with Gasteiger partial charge in [-0.1, -0.05) is 6.92 Å². The van der Waals surface area contributed by atoms with Gasteiger partial charge >= 0.3 is 0 Å². The van der Waals surface area contributed by atoms with Crippen LogP contribution in [-0.4, -0.2) is 17.0 Å². The second kappa shape index (κ2) is 3.32. The summed E-state index contributed by atoms with van der Waals surface area (Å²) < 4.78 is 0. The van der Waals surface area contributed by atoms with Crippen LogP contribution in [-0.2, 0) is 12.8 Å². The third-order valence-corrected chi connectivity index (χ3v) is 2.62. The van der Waals surface area contributed by atoms with Crippen molar-refractivity contribution in [2.45, 2.75) is 26.2 Å². The molecule has 1 atom stereocenters. The Labute approximate surface area is 78.6 Å². The number of hydrogen-bond donors (Lipinski definition) is 1. The third kappa shape index (κ3) is 1.64. The maximum Gasteiger partial charge on any atom is 0.222 e. The van der Waals surface area contributed by atoms with E-state index < -0.39 is 0 Å². The molecule has 1 aromatic heterocycles. The number of aromatic nitrogens is 2. The van der Waals surface area contributed by atoms with E-state index in [-0.39, 0.29) is 0 Å². The molecule has 70 valence electrons. The Bertz CT molecular complexity index is 309. The fraction of sp³-hybridized carbons (Fsp3) is 0.600. The molecule has 0 fully saturated rings. The molecule has 0 saturated heterocycles. The van der Waals surface area contributed by atoms with Crippen LogP contribution in [0, 0.1) is 5.92 Å². The van der Waals surface area contributed by atoms with Gasteiger partial charge in [-0.25, -0.2) is 9.97 Å². The van der Waals surface area contributed by atoms with Crippen LogP contribution in [0.1, 0.15) is 24.6 Å². The van der Waals surface area contributed by atoms with E-state index in [1.54, 1.807) is 0 Å². The van der Waals surface area contributed by atoms with E-state index in [0.717, 1.165) is 24.7 Å². The Morgan fingerprint density at radius 1 is 1.54 bits per heavy atom. The molecule has 0 saturated carbocycles. The van der Waals surface area contributed by atoms with E-state index in [1.807, 2.05) is 13.2 Å². The molecule has 3 heteroatoms. The van der Waals surface area contributed by atoms with Crippen molar-refractivity contribution >= 4 is 5.95 Å². The highest BCUT2D eigenvalue weighted by atomic mass is 15.1. The Kier molecular flexibility index (Phi) is 2.17. The number of fused-ring (bicyclic) bond motifs is 1. The van der Waals surface area contributed by atoms with E-state index in [9.17, 15) is 0 Å². The topological polar surface area (TPSA) is 37.8 Å². The Morgan fingerprint density at radius 3 is 3.15 bits per heavy atom. The largest absolute Gasteiger partial charge is 0.357 e. The summed E-state index contributed by atoms with van der Waals surface area (Å²) in [4.78, 5) is 8.67. The van der Waals surface area contributed by atoms with Crippen molar-refractivity contribution in [2.75, 3.05) is 12.4 Å². The molecule has 2 rings (SSSR count). The predicted molar refractivity (Wildman–Crippen MR) is 52.8 cm³/mol. The van der Waals surface area contributed by atoms with Crippen LogP contribution in [0.3, 0.4) is 0 Å². The third-order valence-electron chi connectivity index (χ3n) is 2.62. The second-order valence-corrected chi connectivity index (χ2v) is 3.76. The molecule has 0 amide bonds. The van der Waals surface area contributed by atoms with Crippen LogP contribution in [0.5, 0.6) is 0 Å². The molecule has 1 unspecified atom stereocenters. The van der Waals surface area contributed by atoms with Crippen LogP contribution >= 0.6 is 0 Å².